The Morgan fingerprint density at radius 3 is 2.33 bits per heavy atom. The molecule has 1 N–H and O–H groups in total. The molecule has 0 saturated carbocycles. The Labute approximate surface area is 75.7 Å². The molecule has 0 bridgehead atoms. The Bertz CT molecular complexity index is 175. The molecule has 0 aliphatic heterocycles. The number of rotatable bonds is 5. The Hall–Kier alpha value is -0.850. The molecule has 0 rings (SSSR count). The highest BCUT2D eigenvalue weighted by Crippen LogP contribution is 1.99. The lowest BCUT2D eigenvalue weighted by Crippen LogP contribution is -1.82. The van der Waals surface area contributed by atoms with Gasteiger partial charge < -0.3 is 5.41 Å². The summed E-state index contributed by atoms with van der Waals surface area (Å²) in [5.74, 6) is 0.735. The van der Waals surface area contributed by atoms with Gasteiger partial charge >= 0.3 is 0 Å². The highest BCUT2D eigenvalue weighted by molar-refractivity contribution is 5.79. The minimum atomic E-state index is 0.712. The van der Waals surface area contributed by atoms with Crippen molar-refractivity contribution in [2.24, 2.45) is 5.92 Å². The molecule has 0 aromatic heterocycles. The summed E-state index contributed by atoms with van der Waals surface area (Å²) in [4.78, 5) is 0. The minimum absolute atomic E-state index is 0.712. The molecule has 0 aromatic carbocycles. The summed E-state index contributed by atoms with van der Waals surface area (Å²) in [6.07, 6.45) is 10.2. The summed E-state index contributed by atoms with van der Waals surface area (Å²) in [7, 11) is 0. The van der Waals surface area contributed by atoms with Gasteiger partial charge in [0, 0.05) is 12.1 Å². The average Bonchev–Trinajstić information content (AvgIpc) is 1.95. The van der Waals surface area contributed by atoms with Crippen LogP contribution in [-0.2, 0) is 0 Å². The lowest BCUT2D eigenvalue weighted by Gasteiger charge is -1.94. The number of allylic oxidation sites excluding steroid dienone is 4. The molecule has 0 atom stereocenters. The molecule has 12 heavy (non-hydrogen) atoms. The van der Waals surface area contributed by atoms with E-state index in [-0.39, 0.29) is 0 Å². The van der Waals surface area contributed by atoms with E-state index in [9.17, 15) is 0 Å². The smallest absolute Gasteiger partial charge is 0.00959 e. The van der Waals surface area contributed by atoms with Crippen molar-refractivity contribution in [3.63, 3.8) is 0 Å². The highest BCUT2D eigenvalue weighted by atomic mass is 14.4. The second-order valence-corrected chi connectivity index (χ2v) is 3.47. The maximum absolute atomic E-state index is 7.17. The molecule has 0 saturated heterocycles. The number of nitrogens with one attached hydrogen (secondary N) is 1. The third kappa shape index (κ3) is 9.15. The Morgan fingerprint density at radius 2 is 1.83 bits per heavy atom. The Balaban J connectivity index is 3.46. The third-order valence-electron chi connectivity index (χ3n) is 1.41. The largest absolute Gasteiger partial charge is 0.310 e. The lowest BCUT2D eigenvalue weighted by atomic mass is 10.1. The van der Waals surface area contributed by atoms with Gasteiger partial charge in [-0.3, -0.25) is 0 Å². The monoisotopic (exact) mass is 165 g/mol. The standard InChI is InChI=1S/C11H19N/c1-10(2)8-6-4-5-7-9-11(3)12/h4-7,10,12H,8-9H2,1-3H3/b6-4-,7-5-,12-11?. The van der Waals surface area contributed by atoms with E-state index in [0.717, 1.165) is 18.8 Å². The summed E-state index contributed by atoms with van der Waals surface area (Å²) < 4.78 is 0. The molecule has 1 heteroatoms. The van der Waals surface area contributed by atoms with Gasteiger partial charge in [0.15, 0.2) is 0 Å². The molecule has 0 aliphatic rings. The topological polar surface area (TPSA) is 23.9 Å². The first-order chi connectivity index (χ1) is 5.63. The van der Waals surface area contributed by atoms with Crippen molar-refractivity contribution in [3.05, 3.63) is 24.3 Å². The van der Waals surface area contributed by atoms with Crippen LogP contribution >= 0.6 is 0 Å². The summed E-state index contributed by atoms with van der Waals surface area (Å²) in [6.45, 7) is 6.23. The normalized spacial score (nSPS) is 12.0. The second-order valence-electron chi connectivity index (χ2n) is 3.47. The van der Waals surface area contributed by atoms with Crippen molar-refractivity contribution in [1.82, 2.24) is 0 Å². The molecule has 0 unspecified atom stereocenters. The van der Waals surface area contributed by atoms with E-state index in [1.54, 1.807) is 0 Å². The summed E-state index contributed by atoms with van der Waals surface area (Å²) in [5.41, 5.74) is 0.712. The van der Waals surface area contributed by atoms with Crippen LogP contribution in [-0.4, -0.2) is 5.71 Å². The van der Waals surface area contributed by atoms with Crippen LogP contribution in [0, 0.1) is 11.3 Å². The maximum Gasteiger partial charge on any atom is 0.00959 e. The Morgan fingerprint density at radius 1 is 1.25 bits per heavy atom. The van der Waals surface area contributed by atoms with Crippen molar-refractivity contribution < 1.29 is 0 Å². The van der Waals surface area contributed by atoms with Gasteiger partial charge in [-0.2, -0.15) is 0 Å². The van der Waals surface area contributed by atoms with E-state index < -0.39 is 0 Å². The van der Waals surface area contributed by atoms with Crippen molar-refractivity contribution in [2.75, 3.05) is 0 Å². The molecule has 0 fully saturated rings. The molecule has 0 heterocycles. The Kier molecular flexibility index (Phi) is 6.35. The van der Waals surface area contributed by atoms with Gasteiger partial charge in [0.25, 0.3) is 0 Å². The van der Waals surface area contributed by atoms with Crippen molar-refractivity contribution >= 4 is 5.71 Å². The van der Waals surface area contributed by atoms with Gasteiger partial charge in [0.2, 0.25) is 0 Å². The molecule has 0 spiro atoms. The van der Waals surface area contributed by atoms with Gasteiger partial charge in [-0.05, 0) is 19.3 Å². The van der Waals surface area contributed by atoms with Gasteiger partial charge in [-0.25, -0.2) is 0 Å². The predicted octanol–water partition coefficient (Wildman–Crippen LogP) is 3.57. The van der Waals surface area contributed by atoms with Crippen LogP contribution in [0.4, 0.5) is 0 Å². The van der Waals surface area contributed by atoms with E-state index in [1.165, 1.54) is 0 Å². The first-order valence-electron chi connectivity index (χ1n) is 4.48. The van der Waals surface area contributed by atoms with Crippen LogP contribution in [0.5, 0.6) is 0 Å². The van der Waals surface area contributed by atoms with E-state index in [4.69, 9.17) is 5.41 Å². The lowest BCUT2D eigenvalue weighted by molar-refractivity contribution is 0.664. The molecular formula is C11H19N. The van der Waals surface area contributed by atoms with Crippen LogP contribution < -0.4 is 0 Å². The highest BCUT2D eigenvalue weighted by Gasteiger charge is 1.85. The number of hydrogen-bond donors (Lipinski definition) is 1. The molecule has 0 radical (unpaired) electrons. The first-order valence-corrected chi connectivity index (χ1v) is 4.48. The van der Waals surface area contributed by atoms with Crippen molar-refractivity contribution in [2.45, 2.75) is 33.6 Å². The van der Waals surface area contributed by atoms with Crippen LogP contribution in [0.3, 0.4) is 0 Å². The van der Waals surface area contributed by atoms with E-state index in [2.05, 4.69) is 26.0 Å². The molecule has 0 aromatic rings. The van der Waals surface area contributed by atoms with E-state index >= 15 is 0 Å². The van der Waals surface area contributed by atoms with Crippen LogP contribution in [0.15, 0.2) is 24.3 Å². The predicted molar refractivity (Wildman–Crippen MR) is 55.8 cm³/mol. The van der Waals surface area contributed by atoms with Gasteiger partial charge in [-0.15, -0.1) is 0 Å². The quantitative estimate of drug-likeness (QED) is 0.475. The third-order valence-corrected chi connectivity index (χ3v) is 1.41. The zero-order chi connectivity index (χ0) is 9.40. The zero-order valence-corrected chi connectivity index (χ0v) is 8.30. The van der Waals surface area contributed by atoms with Crippen LogP contribution in [0.1, 0.15) is 33.6 Å². The fourth-order valence-corrected chi connectivity index (χ4v) is 0.753. The molecular weight excluding hydrogens is 146 g/mol. The summed E-state index contributed by atoms with van der Waals surface area (Å²) in [6, 6.07) is 0. The minimum Gasteiger partial charge on any atom is -0.310 e. The van der Waals surface area contributed by atoms with E-state index in [1.807, 2.05) is 19.1 Å². The molecule has 0 amide bonds. The maximum atomic E-state index is 7.17. The zero-order valence-electron chi connectivity index (χ0n) is 8.30. The van der Waals surface area contributed by atoms with E-state index in [0.29, 0.717) is 5.71 Å². The van der Waals surface area contributed by atoms with Crippen LogP contribution in [0.25, 0.3) is 0 Å². The van der Waals surface area contributed by atoms with Gasteiger partial charge in [0.1, 0.15) is 0 Å². The second kappa shape index (κ2) is 6.84. The van der Waals surface area contributed by atoms with Crippen LogP contribution in [0.2, 0.25) is 0 Å². The van der Waals surface area contributed by atoms with Crippen molar-refractivity contribution in [1.29, 1.82) is 5.41 Å². The molecule has 1 nitrogen and oxygen atoms in total. The van der Waals surface area contributed by atoms with Crippen molar-refractivity contribution in [3.8, 4) is 0 Å². The molecule has 0 aliphatic carbocycles. The fourth-order valence-electron chi connectivity index (χ4n) is 0.753. The number of hydrogen-bond acceptors (Lipinski definition) is 1. The summed E-state index contributed by atoms with van der Waals surface area (Å²) >= 11 is 0. The van der Waals surface area contributed by atoms with Gasteiger partial charge in [0.05, 0.1) is 0 Å². The molecule has 68 valence electrons. The first kappa shape index (κ1) is 11.2. The average molecular weight is 165 g/mol. The SMILES string of the molecule is CC(=N)C/C=C\C=C/CC(C)C. The fraction of sp³-hybridized carbons (Fsp3) is 0.545. The summed E-state index contributed by atoms with van der Waals surface area (Å²) in [5, 5.41) is 7.17. The van der Waals surface area contributed by atoms with Gasteiger partial charge in [-0.1, -0.05) is 38.2 Å².